The van der Waals surface area contributed by atoms with Crippen LogP contribution in [0.3, 0.4) is 0 Å². The number of halogens is 1. The number of pyridine rings is 1. The third-order valence-corrected chi connectivity index (χ3v) is 4.61. The zero-order valence-electron chi connectivity index (χ0n) is 12.1. The fourth-order valence-corrected chi connectivity index (χ4v) is 3.38. The van der Waals surface area contributed by atoms with Crippen LogP contribution >= 0.6 is 27.3 Å². The van der Waals surface area contributed by atoms with Gasteiger partial charge in [0.25, 0.3) is 5.91 Å². The Morgan fingerprint density at radius 2 is 2.29 bits per heavy atom. The molecule has 112 valence electrons. The first kappa shape index (κ1) is 16.0. The molecule has 0 atom stereocenters. The molecule has 1 amide bonds. The summed E-state index contributed by atoms with van der Waals surface area (Å²) in [6, 6.07) is 5.59. The van der Waals surface area contributed by atoms with Crippen molar-refractivity contribution in [2.75, 3.05) is 18.9 Å². The number of carbonyl (C=O) groups is 1. The molecule has 0 aliphatic heterocycles. The second-order valence-electron chi connectivity index (χ2n) is 4.75. The van der Waals surface area contributed by atoms with E-state index >= 15 is 0 Å². The number of aromatic nitrogens is 1. The Bertz CT molecular complexity index is 614. The van der Waals surface area contributed by atoms with Gasteiger partial charge in [-0.2, -0.15) is 0 Å². The van der Waals surface area contributed by atoms with Gasteiger partial charge in [0.05, 0.1) is 6.54 Å². The molecular weight excluding hydrogens is 350 g/mol. The van der Waals surface area contributed by atoms with Crippen molar-refractivity contribution in [2.24, 2.45) is 0 Å². The van der Waals surface area contributed by atoms with Crippen molar-refractivity contribution < 1.29 is 4.79 Å². The number of thiophene rings is 1. The summed E-state index contributed by atoms with van der Waals surface area (Å²) in [5.74, 6) is 0.747. The maximum absolute atomic E-state index is 12.4. The van der Waals surface area contributed by atoms with E-state index in [0.29, 0.717) is 12.1 Å². The van der Waals surface area contributed by atoms with Crippen molar-refractivity contribution in [1.29, 1.82) is 0 Å². The molecule has 0 aromatic carbocycles. The van der Waals surface area contributed by atoms with Gasteiger partial charge < -0.3 is 10.2 Å². The van der Waals surface area contributed by atoms with E-state index in [0.717, 1.165) is 28.1 Å². The highest BCUT2D eigenvalue weighted by Gasteiger charge is 2.13. The van der Waals surface area contributed by atoms with Gasteiger partial charge in [0.2, 0.25) is 0 Å². The van der Waals surface area contributed by atoms with Crippen LogP contribution in [0.15, 0.2) is 34.2 Å². The zero-order chi connectivity index (χ0) is 15.2. The third kappa shape index (κ3) is 4.54. The Balaban J connectivity index is 2.04. The summed E-state index contributed by atoms with van der Waals surface area (Å²) in [6.45, 7) is 3.55. The van der Waals surface area contributed by atoms with Crippen LogP contribution in [0.2, 0.25) is 0 Å². The fraction of sp³-hybridized carbons (Fsp3) is 0.333. The quantitative estimate of drug-likeness (QED) is 0.838. The topological polar surface area (TPSA) is 45.2 Å². The first-order valence-electron chi connectivity index (χ1n) is 6.78. The molecule has 2 rings (SSSR count). The molecule has 2 aromatic rings. The lowest BCUT2D eigenvalue weighted by molar-refractivity contribution is 0.0786. The van der Waals surface area contributed by atoms with Crippen LogP contribution in [0.5, 0.6) is 0 Å². The van der Waals surface area contributed by atoms with E-state index in [9.17, 15) is 4.79 Å². The summed E-state index contributed by atoms with van der Waals surface area (Å²) in [5.41, 5.74) is 0.654. The molecule has 21 heavy (non-hydrogen) atoms. The van der Waals surface area contributed by atoms with Gasteiger partial charge in [0.1, 0.15) is 5.82 Å². The summed E-state index contributed by atoms with van der Waals surface area (Å²) in [4.78, 5) is 19.5. The normalized spacial score (nSPS) is 10.4. The molecule has 6 heteroatoms. The standard InChI is InChI=1S/C15H18BrN3OS/c1-3-5-17-14-7-11(4-6-18-14)15(20)19(2)9-13-8-12(16)10-21-13/h4,6-8,10H,3,5,9H2,1-2H3,(H,17,18). The highest BCUT2D eigenvalue weighted by Crippen LogP contribution is 2.21. The third-order valence-electron chi connectivity index (χ3n) is 2.92. The predicted octanol–water partition coefficient (Wildman–Crippen LogP) is 4.00. The van der Waals surface area contributed by atoms with Gasteiger partial charge >= 0.3 is 0 Å². The van der Waals surface area contributed by atoms with Crippen LogP contribution in [-0.2, 0) is 6.54 Å². The monoisotopic (exact) mass is 367 g/mol. The lowest BCUT2D eigenvalue weighted by Crippen LogP contribution is -2.26. The molecule has 0 radical (unpaired) electrons. The van der Waals surface area contributed by atoms with E-state index in [1.54, 1.807) is 34.6 Å². The minimum atomic E-state index is 0.00136. The molecule has 0 aliphatic carbocycles. The second-order valence-corrected chi connectivity index (χ2v) is 6.66. The predicted molar refractivity (Wildman–Crippen MR) is 90.8 cm³/mol. The SMILES string of the molecule is CCCNc1cc(C(=O)N(C)Cc2cc(Br)cs2)ccn1. The minimum absolute atomic E-state index is 0.00136. The van der Waals surface area contributed by atoms with Crippen LogP contribution in [0.1, 0.15) is 28.6 Å². The summed E-state index contributed by atoms with van der Waals surface area (Å²) >= 11 is 5.07. The van der Waals surface area contributed by atoms with Gasteiger partial charge in [-0.1, -0.05) is 6.92 Å². The van der Waals surface area contributed by atoms with Crippen LogP contribution in [0.25, 0.3) is 0 Å². The molecule has 1 N–H and O–H groups in total. The molecule has 0 fully saturated rings. The number of rotatable bonds is 6. The van der Waals surface area contributed by atoms with E-state index in [4.69, 9.17) is 0 Å². The molecule has 2 aromatic heterocycles. The number of hydrogen-bond acceptors (Lipinski definition) is 4. The number of anilines is 1. The number of amides is 1. The molecule has 0 aliphatic rings. The van der Waals surface area contributed by atoms with Gasteiger partial charge in [-0.05, 0) is 40.5 Å². The first-order chi connectivity index (χ1) is 10.1. The van der Waals surface area contributed by atoms with E-state index in [1.165, 1.54) is 0 Å². The van der Waals surface area contributed by atoms with Crippen molar-refractivity contribution in [3.8, 4) is 0 Å². The Labute approximate surface area is 137 Å². The molecule has 4 nitrogen and oxygen atoms in total. The van der Waals surface area contributed by atoms with E-state index < -0.39 is 0 Å². The van der Waals surface area contributed by atoms with Gasteiger partial charge in [-0.25, -0.2) is 4.98 Å². The summed E-state index contributed by atoms with van der Waals surface area (Å²) in [5, 5.41) is 5.22. The lowest BCUT2D eigenvalue weighted by Gasteiger charge is -2.16. The molecule has 0 bridgehead atoms. The van der Waals surface area contributed by atoms with Gasteiger partial charge in [0.15, 0.2) is 0 Å². The molecule has 2 heterocycles. The van der Waals surface area contributed by atoms with Crippen LogP contribution in [0, 0.1) is 0 Å². The smallest absolute Gasteiger partial charge is 0.254 e. The van der Waals surface area contributed by atoms with Gasteiger partial charge in [0, 0.05) is 40.1 Å². The summed E-state index contributed by atoms with van der Waals surface area (Å²) in [6.07, 6.45) is 2.69. The Morgan fingerprint density at radius 1 is 1.48 bits per heavy atom. The number of nitrogens with one attached hydrogen (secondary N) is 1. The van der Waals surface area contributed by atoms with E-state index in [1.807, 2.05) is 18.5 Å². The van der Waals surface area contributed by atoms with Gasteiger partial charge in [-0.3, -0.25) is 4.79 Å². The fourth-order valence-electron chi connectivity index (χ4n) is 1.88. The summed E-state index contributed by atoms with van der Waals surface area (Å²) < 4.78 is 1.05. The maximum Gasteiger partial charge on any atom is 0.254 e. The summed E-state index contributed by atoms with van der Waals surface area (Å²) in [7, 11) is 1.82. The number of carbonyl (C=O) groups excluding carboxylic acids is 1. The lowest BCUT2D eigenvalue weighted by atomic mass is 10.2. The molecule has 0 saturated carbocycles. The van der Waals surface area contributed by atoms with Crippen molar-refractivity contribution in [3.63, 3.8) is 0 Å². The highest BCUT2D eigenvalue weighted by atomic mass is 79.9. The maximum atomic E-state index is 12.4. The molecule has 0 spiro atoms. The Hall–Kier alpha value is -1.40. The largest absolute Gasteiger partial charge is 0.370 e. The van der Waals surface area contributed by atoms with Crippen LogP contribution in [0.4, 0.5) is 5.82 Å². The molecule has 0 saturated heterocycles. The van der Waals surface area contributed by atoms with E-state index in [2.05, 4.69) is 33.2 Å². The minimum Gasteiger partial charge on any atom is -0.370 e. The second kappa shape index (κ2) is 7.56. The highest BCUT2D eigenvalue weighted by molar-refractivity contribution is 9.10. The molecular formula is C15H18BrN3OS. The van der Waals surface area contributed by atoms with Crippen molar-refractivity contribution >= 4 is 39.0 Å². The number of hydrogen-bond donors (Lipinski definition) is 1. The van der Waals surface area contributed by atoms with E-state index in [-0.39, 0.29) is 5.91 Å². The number of nitrogens with zero attached hydrogens (tertiary/aromatic N) is 2. The average Bonchev–Trinajstić information content (AvgIpc) is 2.89. The van der Waals surface area contributed by atoms with Crippen molar-refractivity contribution in [1.82, 2.24) is 9.88 Å². The van der Waals surface area contributed by atoms with Crippen molar-refractivity contribution in [2.45, 2.75) is 19.9 Å². The Kier molecular flexibility index (Phi) is 5.76. The van der Waals surface area contributed by atoms with Crippen molar-refractivity contribution in [3.05, 3.63) is 44.7 Å². The Morgan fingerprint density at radius 3 is 2.95 bits per heavy atom. The van der Waals surface area contributed by atoms with Gasteiger partial charge in [-0.15, -0.1) is 11.3 Å². The average molecular weight is 368 g/mol. The first-order valence-corrected chi connectivity index (χ1v) is 8.45. The van der Waals surface area contributed by atoms with Crippen LogP contribution in [-0.4, -0.2) is 29.4 Å². The van der Waals surface area contributed by atoms with Crippen LogP contribution < -0.4 is 5.32 Å². The zero-order valence-corrected chi connectivity index (χ0v) is 14.5. The molecule has 0 unspecified atom stereocenters.